The second-order valence-electron chi connectivity index (χ2n) is 5.96. The summed E-state index contributed by atoms with van der Waals surface area (Å²) in [6.07, 6.45) is 3.53. The third-order valence-electron chi connectivity index (χ3n) is 4.28. The minimum absolute atomic E-state index is 0.240. The van der Waals surface area contributed by atoms with Gasteiger partial charge in [-0.05, 0) is 56.8 Å². The molecule has 2 nitrogen and oxygen atoms in total. The quantitative estimate of drug-likeness (QED) is 0.727. The van der Waals surface area contributed by atoms with Crippen LogP contribution in [-0.2, 0) is 0 Å². The highest BCUT2D eigenvalue weighted by atomic mass is 19.1. The largest absolute Gasteiger partial charge is 0.388 e. The van der Waals surface area contributed by atoms with Gasteiger partial charge in [-0.3, -0.25) is 0 Å². The van der Waals surface area contributed by atoms with Crippen molar-refractivity contribution in [3.05, 3.63) is 35.1 Å². The number of halogens is 1. The molecule has 0 amide bonds. The molecular formula is C18H30FNO. The van der Waals surface area contributed by atoms with E-state index in [1.165, 1.54) is 18.9 Å². The van der Waals surface area contributed by atoms with E-state index in [0.29, 0.717) is 23.6 Å². The van der Waals surface area contributed by atoms with Gasteiger partial charge in [-0.1, -0.05) is 32.4 Å². The Kier molecular flexibility index (Phi) is 7.91. The van der Waals surface area contributed by atoms with E-state index in [2.05, 4.69) is 25.7 Å². The summed E-state index contributed by atoms with van der Waals surface area (Å²) in [5, 5.41) is 10.3. The van der Waals surface area contributed by atoms with Crippen LogP contribution < -0.4 is 0 Å². The van der Waals surface area contributed by atoms with Gasteiger partial charge in [-0.2, -0.15) is 0 Å². The number of benzene rings is 1. The van der Waals surface area contributed by atoms with Crippen molar-refractivity contribution in [1.82, 2.24) is 4.90 Å². The topological polar surface area (TPSA) is 23.5 Å². The molecule has 120 valence electrons. The molecule has 0 radical (unpaired) electrons. The van der Waals surface area contributed by atoms with Crippen LogP contribution >= 0.6 is 0 Å². The third-order valence-corrected chi connectivity index (χ3v) is 4.28. The first-order valence-corrected chi connectivity index (χ1v) is 8.17. The highest BCUT2D eigenvalue weighted by Gasteiger charge is 2.15. The summed E-state index contributed by atoms with van der Waals surface area (Å²) in [5.41, 5.74) is 1.30. The molecule has 2 atom stereocenters. The highest BCUT2D eigenvalue weighted by molar-refractivity contribution is 5.24. The first kappa shape index (κ1) is 18.1. The highest BCUT2D eigenvalue weighted by Crippen LogP contribution is 2.20. The van der Waals surface area contributed by atoms with Gasteiger partial charge < -0.3 is 10.0 Å². The van der Waals surface area contributed by atoms with Crippen LogP contribution in [0.1, 0.15) is 63.7 Å². The number of rotatable bonds is 9. The molecule has 2 unspecified atom stereocenters. The van der Waals surface area contributed by atoms with Gasteiger partial charge in [-0.15, -0.1) is 0 Å². The number of aliphatic hydroxyl groups excluding tert-OH is 1. The average Bonchev–Trinajstić information content (AvgIpc) is 2.49. The SMILES string of the molecule is CCCCN(CCC(O)c1ccc(C)c(F)c1)C(C)CC. The summed E-state index contributed by atoms with van der Waals surface area (Å²) < 4.78 is 13.6. The molecule has 0 aliphatic rings. The van der Waals surface area contributed by atoms with Gasteiger partial charge in [-0.25, -0.2) is 4.39 Å². The molecule has 0 aromatic heterocycles. The van der Waals surface area contributed by atoms with Gasteiger partial charge in [0.25, 0.3) is 0 Å². The Morgan fingerprint density at radius 2 is 1.95 bits per heavy atom. The lowest BCUT2D eigenvalue weighted by Crippen LogP contribution is -2.35. The second-order valence-corrected chi connectivity index (χ2v) is 5.96. The van der Waals surface area contributed by atoms with E-state index in [9.17, 15) is 9.50 Å². The minimum Gasteiger partial charge on any atom is -0.388 e. The fourth-order valence-electron chi connectivity index (χ4n) is 2.44. The smallest absolute Gasteiger partial charge is 0.126 e. The minimum atomic E-state index is -0.590. The number of aryl methyl sites for hydroxylation is 1. The maximum atomic E-state index is 13.6. The van der Waals surface area contributed by atoms with Gasteiger partial charge in [0.2, 0.25) is 0 Å². The zero-order chi connectivity index (χ0) is 15.8. The van der Waals surface area contributed by atoms with E-state index in [1.807, 2.05) is 6.07 Å². The third kappa shape index (κ3) is 5.76. The fourth-order valence-corrected chi connectivity index (χ4v) is 2.44. The first-order valence-electron chi connectivity index (χ1n) is 8.17. The summed E-state index contributed by atoms with van der Waals surface area (Å²) in [6.45, 7) is 10.3. The van der Waals surface area contributed by atoms with Crippen molar-refractivity contribution >= 4 is 0 Å². The van der Waals surface area contributed by atoms with Crippen molar-refractivity contribution in [1.29, 1.82) is 0 Å². The van der Waals surface area contributed by atoms with Gasteiger partial charge in [0.15, 0.2) is 0 Å². The Morgan fingerprint density at radius 3 is 2.52 bits per heavy atom. The summed E-state index contributed by atoms with van der Waals surface area (Å²) in [4.78, 5) is 2.43. The monoisotopic (exact) mass is 295 g/mol. The second kappa shape index (κ2) is 9.16. The number of hydrogen-bond donors (Lipinski definition) is 1. The Hall–Kier alpha value is -0.930. The summed E-state index contributed by atoms with van der Waals surface area (Å²) >= 11 is 0. The average molecular weight is 295 g/mol. The molecule has 0 aliphatic heterocycles. The standard InChI is InChI=1S/C18H30FNO/c1-5-7-11-20(15(4)6-2)12-10-18(21)16-9-8-14(3)17(19)13-16/h8-9,13,15,18,21H,5-7,10-12H2,1-4H3. The summed E-state index contributed by atoms with van der Waals surface area (Å²) in [6, 6.07) is 5.54. The van der Waals surface area contributed by atoms with Crippen LogP contribution in [0.4, 0.5) is 4.39 Å². The molecule has 0 aliphatic carbocycles. The lowest BCUT2D eigenvalue weighted by atomic mass is 10.0. The van der Waals surface area contributed by atoms with Crippen LogP contribution in [0.5, 0.6) is 0 Å². The number of nitrogens with zero attached hydrogens (tertiary/aromatic N) is 1. The number of unbranched alkanes of at least 4 members (excludes halogenated alkanes) is 1. The molecule has 21 heavy (non-hydrogen) atoms. The van der Waals surface area contributed by atoms with Crippen molar-refractivity contribution in [3.63, 3.8) is 0 Å². The Morgan fingerprint density at radius 1 is 1.24 bits per heavy atom. The number of hydrogen-bond acceptors (Lipinski definition) is 2. The Balaban J connectivity index is 2.59. The lowest BCUT2D eigenvalue weighted by Gasteiger charge is -2.29. The van der Waals surface area contributed by atoms with Crippen LogP contribution in [0.15, 0.2) is 18.2 Å². The van der Waals surface area contributed by atoms with Crippen LogP contribution in [0.3, 0.4) is 0 Å². The van der Waals surface area contributed by atoms with Gasteiger partial charge in [0.1, 0.15) is 5.82 Å². The van der Waals surface area contributed by atoms with E-state index >= 15 is 0 Å². The lowest BCUT2D eigenvalue weighted by molar-refractivity contribution is 0.124. The van der Waals surface area contributed by atoms with Crippen LogP contribution in [-0.4, -0.2) is 29.1 Å². The molecule has 3 heteroatoms. The van der Waals surface area contributed by atoms with E-state index < -0.39 is 6.10 Å². The van der Waals surface area contributed by atoms with Gasteiger partial charge in [0.05, 0.1) is 6.10 Å². The molecule has 0 spiro atoms. The van der Waals surface area contributed by atoms with E-state index in [4.69, 9.17) is 0 Å². The zero-order valence-corrected chi connectivity index (χ0v) is 13.9. The van der Waals surface area contributed by atoms with Crippen LogP contribution in [0.25, 0.3) is 0 Å². The molecule has 0 fully saturated rings. The Bertz CT molecular complexity index is 422. The summed E-state index contributed by atoms with van der Waals surface area (Å²) in [7, 11) is 0. The molecular weight excluding hydrogens is 265 g/mol. The Labute approximate surface area is 129 Å². The predicted molar refractivity (Wildman–Crippen MR) is 86.9 cm³/mol. The van der Waals surface area contributed by atoms with Crippen molar-refractivity contribution in [3.8, 4) is 0 Å². The normalized spacial score (nSPS) is 14.4. The van der Waals surface area contributed by atoms with Crippen molar-refractivity contribution in [2.75, 3.05) is 13.1 Å². The van der Waals surface area contributed by atoms with Gasteiger partial charge >= 0.3 is 0 Å². The van der Waals surface area contributed by atoms with E-state index in [-0.39, 0.29) is 5.82 Å². The van der Waals surface area contributed by atoms with Crippen LogP contribution in [0.2, 0.25) is 0 Å². The van der Waals surface area contributed by atoms with Gasteiger partial charge in [0, 0.05) is 12.6 Å². The molecule has 0 saturated heterocycles. The van der Waals surface area contributed by atoms with Crippen molar-refractivity contribution < 1.29 is 9.50 Å². The van der Waals surface area contributed by atoms with E-state index in [1.54, 1.807) is 13.0 Å². The predicted octanol–water partition coefficient (Wildman–Crippen LogP) is 4.46. The molecule has 0 saturated carbocycles. The molecule has 1 aromatic carbocycles. The maximum Gasteiger partial charge on any atom is 0.126 e. The molecule has 0 bridgehead atoms. The number of aliphatic hydroxyl groups is 1. The fraction of sp³-hybridized carbons (Fsp3) is 0.667. The van der Waals surface area contributed by atoms with Crippen LogP contribution in [0, 0.1) is 12.7 Å². The van der Waals surface area contributed by atoms with Crippen molar-refractivity contribution in [2.24, 2.45) is 0 Å². The first-order chi connectivity index (χ1) is 9.99. The molecule has 0 heterocycles. The molecule has 1 N–H and O–H groups in total. The zero-order valence-electron chi connectivity index (χ0n) is 13.9. The molecule has 1 rings (SSSR count). The molecule has 1 aromatic rings. The summed E-state index contributed by atoms with van der Waals surface area (Å²) in [5.74, 6) is -0.240. The maximum absolute atomic E-state index is 13.6. The van der Waals surface area contributed by atoms with Crippen molar-refractivity contribution in [2.45, 2.75) is 65.5 Å². The van der Waals surface area contributed by atoms with E-state index in [0.717, 1.165) is 19.5 Å².